The number of aliphatic imine (C=N–C) groups is 1. The van der Waals surface area contributed by atoms with Crippen molar-refractivity contribution in [2.45, 2.75) is 6.61 Å². The van der Waals surface area contributed by atoms with Gasteiger partial charge in [-0.3, -0.25) is 0 Å². The van der Waals surface area contributed by atoms with Crippen LogP contribution in [0.5, 0.6) is 17.2 Å². The lowest BCUT2D eigenvalue weighted by Gasteiger charge is -2.10. The van der Waals surface area contributed by atoms with Gasteiger partial charge in [-0.1, -0.05) is 6.07 Å². The molecule has 8 heteroatoms. The number of hydrogen-bond donors (Lipinski definition) is 0. The predicted octanol–water partition coefficient (Wildman–Crippen LogP) is 3.65. The van der Waals surface area contributed by atoms with Crippen LogP contribution in [0.2, 0.25) is 0 Å². The molecule has 0 bridgehead atoms. The van der Waals surface area contributed by atoms with Gasteiger partial charge in [0.1, 0.15) is 5.75 Å². The lowest BCUT2D eigenvalue weighted by molar-refractivity contribution is -0.129. The average molecular weight is 375 g/mol. The van der Waals surface area contributed by atoms with E-state index >= 15 is 0 Å². The molecule has 0 amide bonds. The van der Waals surface area contributed by atoms with E-state index in [0.29, 0.717) is 16.9 Å². The van der Waals surface area contributed by atoms with Crippen LogP contribution in [0.15, 0.2) is 53.2 Å². The molecule has 0 fully saturated rings. The summed E-state index contributed by atoms with van der Waals surface area (Å²) < 4.78 is 44.5. The van der Waals surface area contributed by atoms with E-state index in [1.165, 1.54) is 31.4 Å². The number of nitrogens with zero attached hydrogens (tertiary/aromatic N) is 1. The van der Waals surface area contributed by atoms with E-state index in [9.17, 15) is 13.6 Å². The fourth-order valence-electron chi connectivity index (χ4n) is 2.39. The smallest absolute Gasteiger partial charge is 0.387 e. The second-order valence-electron chi connectivity index (χ2n) is 5.35. The predicted molar refractivity (Wildman–Crippen MR) is 93.2 cm³/mol. The summed E-state index contributed by atoms with van der Waals surface area (Å²) in [5.74, 6) is 0.213. The van der Waals surface area contributed by atoms with Crippen molar-refractivity contribution in [1.82, 2.24) is 0 Å². The Morgan fingerprint density at radius 2 is 1.78 bits per heavy atom. The molecule has 0 atom stereocenters. The van der Waals surface area contributed by atoms with Gasteiger partial charge in [0.2, 0.25) is 5.90 Å². The quantitative estimate of drug-likeness (QED) is 0.570. The van der Waals surface area contributed by atoms with Crippen molar-refractivity contribution in [3.05, 3.63) is 59.3 Å². The largest absolute Gasteiger partial charge is 0.497 e. The van der Waals surface area contributed by atoms with Gasteiger partial charge in [0, 0.05) is 5.56 Å². The van der Waals surface area contributed by atoms with E-state index in [4.69, 9.17) is 14.2 Å². The van der Waals surface area contributed by atoms with Crippen molar-refractivity contribution >= 4 is 17.9 Å². The highest BCUT2D eigenvalue weighted by Crippen LogP contribution is 2.31. The van der Waals surface area contributed by atoms with Gasteiger partial charge in [-0.05, 0) is 48.0 Å². The highest BCUT2D eigenvalue weighted by molar-refractivity contribution is 6.12. The highest BCUT2D eigenvalue weighted by Gasteiger charge is 2.24. The zero-order chi connectivity index (χ0) is 19.4. The molecule has 0 aromatic heterocycles. The molecule has 6 nitrogen and oxygen atoms in total. The molecule has 2 aromatic rings. The van der Waals surface area contributed by atoms with Crippen LogP contribution >= 0.6 is 0 Å². The van der Waals surface area contributed by atoms with E-state index in [0.717, 1.165) is 0 Å². The van der Waals surface area contributed by atoms with Crippen LogP contribution in [0.25, 0.3) is 6.08 Å². The van der Waals surface area contributed by atoms with Crippen molar-refractivity contribution in [1.29, 1.82) is 0 Å². The standard InChI is InChI=1S/C19H15F2NO5/c1-24-13-6-4-12(5-7-13)17-22-14(18(23)27-17)9-11-3-8-15(26-19(20)21)16(10-11)25-2/h3-10,19H,1-2H3/b14-9-. The van der Waals surface area contributed by atoms with Crippen LogP contribution in [0, 0.1) is 0 Å². The third-order valence-corrected chi connectivity index (χ3v) is 3.66. The number of alkyl halides is 2. The minimum Gasteiger partial charge on any atom is -0.497 e. The third-order valence-electron chi connectivity index (χ3n) is 3.66. The number of carbonyl (C=O) groups excluding carboxylic acids is 1. The van der Waals surface area contributed by atoms with Gasteiger partial charge in [0.05, 0.1) is 14.2 Å². The molecular weight excluding hydrogens is 360 g/mol. The second kappa shape index (κ2) is 7.86. The highest BCUT2D eigenvalue weighted by atomic mass is 19.3. The van der Waals surface area contributed by atoms with Crippen LogP contribution in [0.1, 0.15) is 11.1 Å². The summed E-state index contributed by atoms with van der Waals surface area (Å²) in [6.07, 6.45) is 1.47. The van der Waals surface area contributed by atoms with Gasteiger partial charge < -0.3 is 18.9 Å². The average Bonchev–Trinajstić information content (AvgIpc) is 3.03. The van der Waals surface area contributed by atoms with Crippen molar-refractivity contribution in [3.8, 4) is 17.2 Å². The Morgan fingerprint density at radius 1 is 1.04 bits per heavy atom. The molecule has 0 unspecified atom stereocenters. The number of cyclic esters (lactones) is 1. The number of ether oxygens (including phenoxy) is 4. The molecule has 0 radical (unpaired) electrons. The molecule has 140 valence electrons. The van der Waals surface area contributed by atoms with Gasteiger partial charge in [0.15, 0.2) is 17.2 Å². The second-order valence-corrected chi connectivity index (χ2v) is 5.35. The van der Waals surface area contributed by atoms with Crippen LogP contribution in [-0.4, -0.2) is 32.7 Å². The molecular formula is C19H15F2NO5. The first-order valence-corrected chi connectivity index (χ1v) is 7.80. The zero-order valence-corrected chi connectivity index (χ0v) is 14.4. The van der Waals surface area contributed by atoms with Gasteiger partial charge in [-0.25, -0.2) is 9.79 Å². The summed E-state index contributed by atoms with van der Waals surface area (Å²) in [6.45, 7) is -2.97. The molecule has 2 aromatic carbocycles. The number of benzene rings is 2. The molecule has 0 saturated heterocycles. The first-order valence-electron chi connectivity index (χ1n) is 7.80. The van der Waals surface area contributed by atoms with Gasteiger partial charge in [0.25, 0.3) is 0 Å². The minimum atomic E-state index is -2.97. The Balaban J connectivity index is 1.87. The van der Waals surface area contributed by atoms with E-state index < -0.39 is 12.6 Å². The van der Waals surface area contributed by atoms with E-state index in [1.54, 1.807) is 31.4 Å². The van der Waals surface area contributed by atoms with E-state index in [1.807, 2.05) is 0 Å². The molecule has 0 saturated carbocycles. The monoisotopic (exact) mass is 375 g/mol. The van der Waals surface area contributed by atoms with E-state index in [-0.39, 0.29) is 23.1 Å². The van der Waals surface area contributed by atoms with Crippen LogP contribution < -0.4 is 14.2 Å². The molecule has 0 aliphatic carbocycles. The first kappa shape index (κ1) is 18.4. The topological polar surface area (TPSA) is 66.3 Å². The molecule has 0 spiro atoms. The van der Waals surface area contributed by atoms with Crippen LogP contribution in [-0.2, 0) is 9.53 Å². The Hall–Kier alpha value is -3.42. The normalized spacial score (nSPS) is 14.9. The number of methoxy groups -OCH3 is 2. The first-order chi connectivity index (χ1) is 13.0. The van der Waals surface area contributed by atoms with Gasteiger partial charge in [-0.15, -0.1) is 0 Å². The third kappa shape index (κ3) is 4.22. The number of rotatable bonds is 6. The summed E-state index contributed by atoms with van der Waals surface area (Å²) in [4.78, 5) is 16.3. The Labute approximate surface area is 153 Å². The number of carbonyl (C=O) groups is 1. The molecule has 1 heterocycles. The maximum atomic E-state index is 12.4. The summed E-state index contributed by atoms with van der Waals surface area (Å²) in [7, 11) is 2.88. The summed E-state index contributed by atoms with van der Waals surface area (Å²) in [5.41, 5.74) is 1.20. The van der Waals surface area contributed by atoms with Crippen molar-refractivity contribution in [3.63, 3.8) is 0 Å². The Bertz CT molecular complexity index is 907. The number of esters is 1. The van der Waals surface area contributed by atoms with Crippen molar-refractivity contribution in [2.75, 3.05) is 14.2 Å². The molecule has 1 aliphatic heterocycles. The van der Waals surface area contributed by atoms with E-state index in [2.05, 4.69) is 9.73 Å². The molecule has 1 aliphatic rings. The van der Waals surface area contributed by atoms with Gasteiger partial charge in [-0.2, -0.15) is 8.78 Å². The van der Waals surface area contributed by atoms with Crippen LogP contribution in [0.4, 0.5) is 8.78 Å². The van der Waals surface area contributed by atoms with Gasteiger partial charge >= 0.3 is 12.6 Å². The Morgan fingerprint density at radius 3 is 2.41 bits per heavy atom. The molecule has 0 N–H and O–H groups in total. The zero-order valence-electron chi connectivity index (χ0n) is 14.4. The van der Waals surface area contributed by atoms with Crippen molar-refractivity contribution in [2.24, 2.45) is 4.99 Å². The lowest BCUT2D eigenvalue weighted by atomic mass is 10.1. The number of hydrogen-bond acceptors (Lipinski definition) is 6. The number of halogens is 2. The fraction of sp³-hybridized carbons (Fsp3) is 0.158. The maximum Gasteiger partial charge on any atom is 0.387 e. The fourth-order valence-corrected chi connectivity index (χ4v) is 2.39. The van der Waals surface area contributed by atoms with Crippen LogP contribution in [0.3, 0.4) is 0 Å². The Kier molecular flexibility index (Phi) is 5.35. The maximum absolute atomic E-state index is 12.4. The SMILES string of the molecule is COc1ccc(C2=N/C(=C\c3ccc(OC(F)F)c(OC)c3)C(=O)O2)cc1. The summed E-state index contributed by atoms with van der Waals surface area (Å²) in [6, 6.07) is 11.2. The lowest BCUT2D eigenvalue weighted by Crippen LogP contribution is -2.05. The summed E-state index contributed by atoms with van der Waals surface area (Å²) >= 11 is 0. The minimum absolute atomic E-state index is 0.0744. The van der Waals surface area contributed by atoms with Crippen molar-refractivity contribution < 1.29 is 32.5 Å². The summed E-state index contributed by atoms with van der Waals surface area (Å²) in [5, 5.41) is 0. The molecule has 27 heavy (non-hydrogen) atoms. The molecule has 3 rings (SSSR count).